The number of anilines is 1. The topological polar surface area (TPSA) is 86.8 Å². The number of hydrogen-bond acceptors (Lipinski definition) is 4. The second kappa shape index (κ2) is 12.5. The van der Waals surface area contributed by atoms with Gasteiger partial charge in [-0.15, -0.1) is 0 Å². The molecule has 7 nitrogen and oxygen atoms in total. The van der Waals surface area contributed by atoms with E-state index < -0.39 is 16.1 Å². The minimum atomic E-state index is -3.54. The monoisotopic (exact) mass is 491 g/mol. The standard InChI is InChI=1S/C25H34FN3O4S/c1-5-23(25(31)27-6-2)28(18-20-12-14-21(26)15-13-20)24(30)11-8-16-29(34(4,32)33)22-10-7-9-19(3)17-22/h7,9-10,12-15,17,23H,5-6,8,11,16,18H2,1-4H3,(H,27,31)/t23-/m0/s1. The maximum absolute atomic E-state index is 13.3. The van der Waals surface area contributed by atoms with E-state index in [0.717, 1.165) is 11.8 Å². The first-order valence-corrected chi connectivity index (χ1v) is 13.3. The van der Waals surface area contributed by atoms with Crippen LogP contribution in [0.2, 0.25) is 0 Å². The summed E-state index contributed by atoms with van der Waals surface area (Å²) in [5.41, 5.74) is 2.18. The van der Waals surface area contributed by atoms with E-state index >= 15 is 0 Å². The predicted octanol–water partition coefficient (Wildman–Crippen LogP) is 3.62. The second-order valence-corrected chi connectivity index (χ2v) is 10.2. The van der Waals surface area contributed by atoms with Crippen LogP contribution in [0.1, 0.15) is 44.2 Å². The molecular formula is C25H34FN3O4S. The van der Waals surface area contributed by atoms with Gasteiger partial charge in [0.25, 0.3) is 0 Å². The van der Waals surface area contributed by atoms with E-state index in [4.69, 9.17) is 0 Å². The molecule has 0 bridgehead atoms. The number of sulfonamides is 1. The summed E-state index contributed by atoms with van der Waals surface area (Å²) in [5.74, 6) is -0.896. The summed E-state index contributed by atoms with van der Waals surface area (Å²) in [7, 11) is -3.54. The smallest absolute Gasteiger partial charge is 0.242 e. The third-order valence-electron chi connectivity index (χ3n) is 5.44. The number of aryl methyl sites for hydroxylation is 1. The summed E-state index contributed by atoms with van der Waals surface area (Å²) in [6, 6.07) is 12.3. The molecule has 186 valence electrons. The van der Waals surface area contributed by atoms with Crippen molar-refractivity contribution >= 4 is 27.5 Å². The van der Waals surface area contributed by atoms with Crippen molar-refractivity contribution in [1.29, 1.82) is 0 Å². The van der Waals surface area contributed by atoms with Crippen LogP contribution in [-0.2, 0) is 26.2 Å². The lowest BCUT2D eigenvalue weighted by atomic mass is 10.1. The zero-order chi connectivity index (χ0) is 25.3. The van der Waals surface area contributed by atoms with Crippen LogP contribution in [0, 0.1) is 12.7 Å². The van der Waals surface area contributed by atoms with E-state index in [1.54, 1.807) is 30.3 Å². The number of carbonyl (C=O) groups is 2. The highest BCUT2D eigenvalue weighted by molar-refractivity contribution is 7.92. The molecule has 0 aliphatic heterocycles. The molecule has 1 atom stereocenters. The Labute approximate surface area is 202 Å². The van der Waals surface area contributed by atoms with Gasteiger partial charge in [0, 0.05) is 26.1 Å². The Bertz CT molecular complexity index is 1070. The molecule has 0 saturated heterocycles. The molecule has 0 radical (unpaired) electrons. The lowest BCUT2D eigenvalue weighted by Gasteiger charge is -2.31. The number of rotatable bonds is 12. The van der Waals surface area contributed by atoms with E-state index in [1.165, 1.54) is 21.3 Å². The molecule has 2 aromatic rings. The largest absolute Gasteiger partial charge is 0.355 e. The molecule has 0 saturated carbocycles. The highest BCUT2D eigenvalue weighted by Gasteiger charge is 2.28. The van der Waals surface area contributed by atoms with Crippen molar-refractivity contribution in [3.8, 4) is 0 Å². The molecule has 2 aromatic carbocycles. The summed E-state index contributed by atoms with van der Waals surface area (Å²) < 4.78 is 39.4. The molecule has 34 heavy (non-hydrogen) atoms. The van der Waals surface area contributed by atoms with Gasteiger partial charge in [-0.2, -0.15) is 0 Å². The third kappa shape index (κ3) is 7.83. The van der Waals surface area contributed by atoms with Gasteiger partial charge in [-0.3, -0.25) is 13.9 Å². The van der Waals surface area contributed by atoms with Crippen molar-refractivity contribution in [2.24, 2.45) is 0 Å². The van der Waals surface area contributed by atoms with Crippen molar-refractivity contribution in [2.45, 2.75) is 52.6 Å². The highest BCUT2D eigenvalue weighted by atomic mass is 32.2. The summed E-state index contributed by atoms with van der Waals surface area (Å²) in [5, 5.41) is 2.77. The molecule has 0 aliphatic rings. The molecule has 0 fully saturated rings. The van der Waals surface area contributed by atoms with Crippen molar-refractivity contribution in [2.75, 3.05) is 23.7 Å². The van der Waals surface area contributed by atoms with E-state index in [2.05, 4.69) is 5.32 Å². The zero-order valence-electron chi connectivity index (χ0n) is 20.3. The number of likely N-dealkylation sites (N-methyl/N-ethyl adjacent to an activating group) is 1. The number of hydrogen-bond donors (Lipinski definition) is 1. The number of nitrogens with one attached hydrogen (secondary N) is 1. The number of nitrogens with zero attached hydrogens (tertiary/aromatic N) is 2. The molecule has 1 N–H and O–H groups in total. The first-order valence-electron chi connectivity index (χ1n) is 11.4. The Balaban J connectivity index is 2.19. The van der Waals surface area contributed by atoms with E-state index in [1.807, 2.05) is 26.8 Å². The number of carbonyl (C=O) groups excluding carboxylic acids is 2. The number of amides is 2. The quantitative estimate of drug-likeness (QED) is 0.491. The Morgan fingerprint density at radius 2 is 1.76 bits per heavy atom. The SMILES string of the molecule is CCNC(=O)[C@H](CC)N(Cc1ccc(F)cc1)C(=O)CCCN(c1cccc(C)c1)S(C)(=O)=O. The van der Waals surface area contributed by atoms with Crippen LogP contribution < -0.4 is 9.62 Å². The fourth-order valence-corrected chi connectivity index (χ4v) is 4.74. The fraction of sp³-hybridized carbons (Fsp3) is 0.440. The van der Waals surface area contributed by atoms with Crippen LogP contribution in [0.15, 0.2) is 48.5 Å². The minimum Gasteiger partial charge on any atom is -0.355 e. The van der Waals surface area contributed by atoms with Crippen molar-refractivity contribution in [3.05, 3.63) is 65.5 Å². The van der Waals surface area contributed by atoms with E-state index in [9.17, 15) is 22.4 Å². The minimum absolute atomic E-state index is 0.0644. The van der Waals surface area contributed by atoms with Gasteiger partial charge in [-0.25, -0.2) is 12.8 Å². The van der Waals surface area contributed by atoms with Crippen LogP contribution in [0.5, 0.6) is 0 Å². The van der Waals surface area contributed by atoms with Gasteiger partial charge in [0.2, 0.25) is 21.8 Å². The van der Waals surface area contributed by atoms with Crippen LogP contribution in [0.3, 0.4) is 0 Å². The molecule has 0 spiro atoms. The maximum atomic E-state index is 13.3. The molecule has 0 heterocycles. The average molecular weight is 492 g/mol. The van der Waals surface area contributed by atoms with Gasteiger partial charge in [0.1, 0.15) is 11.9 Å². The Hall–Kier alpha value is -2.94. The normalized spacial score (nSPS) is 12.1. The van der Waals surface area contributed by atoms with Crippen LogP contribution in [0.4, 0.5) is 10.1 Å². The summed E-state index contributed by atoms with van der Waals surface area (Å²) >= 11 is 0. The lowest BCUT2D eigenvalue weighted by Crippen LogP contribution is -2.49. The molecule has 0 aromatic heterocycles. The van der Waals surface area contributed by atoms with E-state index in [0.29, 0.717) is 24.2 Å². The Kier molecular flexibility index (Phi) is 10.0. The Morgan fingerprint density at radius 3 is 2.32 bits per heavy atom. The van der Waals surface area contributed by atoms with Gasteiger partial charge in [-0.05, 0) is 62.1 Å². The molecule has 0 aliphatic carbocycles. The van der Waals surface area contributed by atoms with Gasteiger partial charge in [0.15, 0.2) is 0 Å². The first kappa shape index (κ1) is 27.3. The number of benzene rings is 2. The predicted molar refractivity (Wildman–Crippen MR) is 132 cm³/mol. The molecule has 0 unspecified atom stereocenters. The van der Waals surface area contributed by atoms with Crippen LogP contribution in [-0.4, -0.2) is 50.5 Å². The fourth-order valence-electron chi connectivity index (χ4n) is 3.79. The summed E-state index contributed by atoms with van der Waals surface area (Å²) in [6.07, 6.45) is 1.90. The zero-order valence-corrected chi connectivity index (χ0v) is 21.1. The highest BCUT2D eigenvalue weighted by Crippen LogP contribution is 2.20. The molecule has 2 rings (SSSR count). The lowest BCUT2D eigenvalue weighted by molar-refractivity contribution is -0.141. The van der Waals surface area contributed by atoms with Crippen LogP contribution >= 0.6 is 0 Å². The Morgan fingerprint density at radius 1 is 1.09 bits per heavy atom. The van der Waals surface area contributed by atoms with Crippen molar-refractivity contribution in [1.82, 2.24) is 10.2 Å². The van der Waals surface area contributed by atoms with Crippen molar-refractivity contribution < 1.29 is 22.4 Å². The number of halogens is 1. The summed E-state index contributed by atoms with van der Waals surface area (Å²) in [6.45, 7) is 6.25. The summed E-state index contributed by atoms with van der Waals surface area (Å²) in [4.78, 5) is 27.4. The van der Waals surface area contributed by atoms with Gasteiger partial charge in [-0.1, -0.05) is 31.2 Å². The first-order chi connectivity index (χ1) is 16.1. The van der Waals surface area contributed by atoms with Crippen LogP contribution in [0.25, 0.3) is 0 Å². The molecular weight excluding hydrogens is 457 g/mol. The second-order valence-electron chi connectivity index (χ2n) is 8.24. The average Bonchev–Trinajstić information content (AvgIpc) is 2.77. The maximum Gasteiger partial charge on any atom is 0.242 e. The van der Waals surface area contributed by atoms with E-state index in [-0.39, 0.29) is 43.6 Å². The van der Waals surface area contributed by atoms with Crippen molar-refractivity contribution in [3.63, 3.8) is 0 Å². The molecule has 2 amide bonds. The molecule has 9 heteroatoms. The third-order valence-corrected chi connectivity index (χ3v) is 6.64. The van der Waals surface area contributed by atoms with Gasteiger partial charge in [0.05, 0.1) is 11.9 Å². The van der Waals surface area contributed by atoms with Gasteiger partial charge < -0.3 is 10.2 Å². The van der Waals surface area contributed by atoms with Gasteiger partial charge >= 0.3 is 0 Å².